The van der Waals surface area contributed by atoms with Crippen LogP contribution in [0.4, 0.5) is 5.00 Å². The van der Waals surface area contributed by atoms with Crippen molar-refractivity contribution in [3.8, 4) is 11.5 Å². The maximum Gasteiger partial charge on any atom is 0.343 e. The molecule has 1 heterocycles. The van der Waals surface area contributed by atoms with Crippen molar-refractivity contribution in [3.05, 3.63) is 75.2 Å². The highest BCUT2D eigenvalue weighted by Gasteiger charge is 2.28. The summed E-state index contributed by atoms with van der Waals surface area (Å²) < 4.78 is 16.1. The molecule has 2 N–H and O–H groups in total. The van der Waals surface area contributed by atoms with Gasteiger partial charge in [-0.15, -0.1) is 11.3 Å². The Kier molecular flexibility index (Phi) is 9.51. The van der Waals surface area contributed by atoms with Crippen LogP contribution in [0, 0.1) is 6.92 Å². The molecule has 41 heavy (non-hydrogen) atoms. The largest absolute Gasteiger partial charge is 0.493 e. The zero-order chi connectivity index (χ0) is 29.5. The van der Waals surface area contributed by atoms with Crippen LogP contribution < -0.4 is 20.2 Å². The summed E-state index contributed by atoms with van der Waals surface area (Å²) in [7, 11) is 1.44. The van der Waals surface area contributed by atoms with Gasteiger partial charge in [0.25, 0.3) is 0 Å². The van der Waals surface area contributed by atoms with Gasteiger partial charge in [-0.05, 0) is 81.8 Å². The first-order chi connectivity index (χ1) is 19.7. The third-order valence-corrected chi connectivity index (χ3v) is 7.77. The fourth-order valence-corrected chi connectivity index (χ4v) is 5.69. The summed E-state index contributed by atoms with van der Waals surface area (Å²) in [6.07, 6.45) is 3.47. The lowest BCUT2D eigenvalue weighted by atomic mass is 9.95. The number of thiophene rings is 1. The van der Waals surface area contributed by atoms with E-state index in [1.807, 2.05) is 19.1 Å². The number of carbonyl (C=O) groups is 4. The van der Waals surface area contributed by atoms with Crippen molar-refractivity contribution in [2.75, 3.05) is 19.0 Å². The molecule has 10 nitrogen and oxygen atoms in total. The zero-order valence-electron chi connectivity index (χ0n) is 23.3. The predicted octanol–water partition coefficient (Wildman–Crippen LogP) is 4.82. The summed E-state index contributed by atoms with van der Waals surface area (Å²) in [5, 5.41) is 6.90. The molecule has 0 unspecified atom stereocenters. The van der Waals surface area contributed by atoms with Crippen molar-refractivity contribution >= 4 is 45.8 Å². The summed E-state index contributed by atoms with van der Waals surface area (Å²) in [4.78, 5) is 51.5. The molecule has 2 amide bonds. The van der Waals surface area contributed by atoms with E-state index in [1.165, 1.54) is 18.4 Å². The molecule has 1 aliphatic rings. The van der Waals surface area contributed by atoms with Crippen LogP contribution >= 0.6 is 11.3 Å². The molecule has 0 radical (unpaired) electrons. The summed E-state index contributed by atoms with van der Waals surface area (Å²) in [6, 6.07) is 11.9. The van der Waals surface area contributed by atoms with E-state index in [-0.39, 0.29) is 18.1 Å². The van der Waals surface area contributed by atoms with Crippen LogP contribution in [0.3, 0.4) is 0 Å². The first-order valence-electron chi connectivity index (χ1n) is 13.2. The van der Waals surface area contributed by atoms with Crippen LogP contribution in [0.5, 0.6) is 11.5 Å². The van der Waals surface area contributed by atoms with E-state index in [0.29, 0.717) is 27.4 Å². The van der Waals surface area contributed by atoms with Gasteiger partial charge >= 0.3 is 23.8 Å². The number of hydrazone groups is 1. The fraction of sp³-hybridized carbons (Fsp3) is 0.300. The van der Waals surface area contributed by atoms with Gasteiger partial charge in [-0.3, -0.25) is 9.59 Å². The van der Waals surface area contributed by atoms with Crippen molar-refractivity contribution < 1.29 is 33.4 Å². The maximum atomic E-state index is 12.7. The van der Waals surface area contributed by atoms with Crippen LogP contribution in [0.25, 0.3) is 0 Å². The summed E-state index contributed by atoms with van der Waals surface area (Å²) in [6.45, 7) is 5.37. The second-order valence-corrected chi connectivity index (χ2v) is 10.4. The van der Waals surface area contributed by atoms with Crippen LogP contribution in [0.15, 0.2) is 47.6 Å². The Labute approximate surface area is 241 Å². The first kappa shape index (κ1) is 29.5. The van der Waals surface area contributed by atoms with E-state index in [4.69, 9.17) is 14.2 Å². The molecule has 0 aliphatic heterocycles. The van der Waals surface area contributed by atoms with Gasteiger partial charge in [0, 0.05) is 10.4 Å². The molecular weight excluding hydrogens is 546 g/mol. The highest BCUT2D eigenvalue weighted by Crippen LogP contribution is 2.38. The number of aryl methyl sites for hydroxylation is 2. The van der Waals surface area contributed by atoms with Crippen molar-refractivity contribution in [2.24, 2.45) is 5.10 Å². The number of benzene rings is 2. The van der Waals surface area contributed by atoms with E-state index < -0.39 is 23.8 Å². The second kappa shape index (κ2) is 13.2. The zero-order valence-corrected chi connectivity index (χ0v) is 24.1. The van der Waals surface area contributed by atoms with Gasteiger partial charge in [-0.25, -0.2) is 15.0 Å². The van der Waals surface area contributed by atoms with Crippen molar-refractivity contribution in [1.29, 1.82) is 0 Å². The highest BCUT2D eigenvalue weighted by molar-refractivity contribution is 7.17. The minimum Gasteiger partial charge on any atom is -0.493 e. The van der Waals surface area contributed by atoms with E-state index in [2.05, 4.69) is 15.8 Å². The number of nitrogens with zero attached hydrogens (tertiary/aromatic N) is 1. The number of hydrogen-bond donors (Lipinski definition) is 2. The lowest BCUT2D eigenvalue weighted by Crippen LogP contribution is -2.33. The Morgan fingerprint density at radius 1 is 0.976 bits per heavy atom. The number of rotatable bonds is 8. The molecule has 0 bridgehead atoms. The number of nitrogens with one attached hydrogen (secondary N) is 2. The van der Waals surface area contributed by atoms with Gasteiger partial charge in [-0.1, -0.05) is 18.2 Å². The molecule has 214 valence electrons. The SMILES string of the molecule is CCOC(=O)c1c(NC(=O)C(=O)NN=C(C)c2ccc(OC(=O)c3ccccc3C)c(OC)c2)sc2c1CCCC2. The van der Waals surface area contributed by atoms with Crippen LogP contribution in [0.2, 0.25) is 0 Å². The van der Waals surface area contributed by atoms with Crippen LogP contribution in [0.1, 0.15) is 69.0 Å². The molecule has 0 saturated carbocycles. The topological polar surface area (TPSA) is 132 Å². The number of esters is 2. The molecule has 0 fully saturated rings. The first-order valence-corrected chi connectivity index (χ1v) is 14.0. The van der Waals surface area contributed by atoms with Crippen molar-refractivity contribution in [3.63, 3.8) is 0 Å². The molecule has 1 aliphatic carbocycles. The predicted molar refractivity (Wildman–Crippen MR) is 155 cm³/mol. The van der Waals surface area contributed by atoms with Gasteiger partial charge in [0.05, 0.1) is 30.6 Å². The van der Waals surface area contributed by atoms with E-state index in [9.17, 15) is 19.2 Å². The second-order valence-electron chi connectivity index (χ2n) is 9.30. The fourth-order valence-electron chi connectivity index (χ4n) is 4.42. The molecule has 2 aromatic carbocycles. The monoisotopic (exact) mass is 577 g/mol. The average molecular weight is 578 g/mol. The number of fused-ring (bicyclic) bond motifs is 1. The molecule has 11 heteroatoms. The summed E-state index contributed by atoms with van der Waals surface area (Å²) in [5.74, 6) is -2.48. The van der Waals surface area contributed by atoms with Gasteiger partial charge in [0.1, 0.15) is 5.00 Å². The molecule has 3 aromatic rings. The quantitative estimate of drug-likeness (QED) is 0.129. The van der Waals surface area contributed by atoms with Crippen molar-refractivity contribution in [1.82, 2.24) is 5.43 Å². The van der Waals surface area contributed by atoms with Crippen LogP contribution in [-0.4, -0.2) is 43.2 Å². The number of methoxy groups -OCH3 is 1. The van der Waals surface area contributed by atoms with Gasteiger partial charge in [0.15, 0.2) is 11.5 Å². The average Bonchev–Trinajstić information content (AvgIpc) is 3.34. The number of hydrogen-bond acceptors (Lipinski definition) is 9. The Bertz CT molecular complexity index is 1530. The Balaban J connectivity index is 1.44. The summed E-state index contributed by atoms with van der Waals surface area (Å²) >= 11 is 1.29. The lowest BCUT2D eigenvalue weighted by molar-refractivity contribution is -0.136. The normalized spacial score (nSPS) is 12.6. The molecular formula is C30H31N3O7S. The minimum absolute atomic E-state index is 0.201. The molecule has 1 aromatic heterocycles. The van der Waals surface area contributed by atoms with E-state index in [0.717, 1.165) is 41.7 Å². The van der Waals surface area contributed by atoms with Crippen molar-refractivity contribution in [2.45, 2.75) is 46.5 Å². The van der Waals surface area contributed by atoms with E-state index in [1.54, 1.807) is 44.2 Å². The third kappa shape index (κ3) is 6.80. The Morgan fingerprint density at radius 2 is 1.73 bits per heavy atom. The molecule has 0 atom stereocenters. The Morgan fingerprint density at radius 3 is 2.46 bits per heavy atom. The van der Waals surface area contributed by atoms with Crippen LogP contribution in [-0.2, 0) is 27.2 Å². The standard InChI is InChI=1S/C30H31N3O7S/c1-5-39-30(37)25-21-12-8-9-13-24(21)41-28(25)31-26(34)27(35)33-32-18(3)19-14-15-22(23(16-19)38-4)40-29(36)20-11-7-6-10-17(20)2/h6-7,10-11,14-16H,5,8-9,12-13H2,1-4H3,(H,31,34)(H,33,35). The van der Waals surface area contributed by atoms with Gasteiger partial charge in [0.2, 0.25) is 0 Å². The molecule has 0 spiro atoms. The number of carbonyl (C=O) groups excluding carboxylic acids is 4. The van der Waals surface area contributed by atoms with E-state index >= 15 is 0 Å². The van der Waals surface area contributed by atoms with Gasteiger partial charge < -0.3 is 19.5 Å². The third-order valence-electron chi connectivity index (χ3n) is 6.56. The minimum atomic E-state index is -0.999. The number of anilines is 1. The molecule has 0 saturated heterocycles. The number of amides is 2. The lowest BCUT2D eigenvalue weighted by Gasteiger charge is -2.12. The maximum absolute atomic E-state index is 12.7. The molecule has 4 rings (SSSR count). The highest BCUT2D eigenvalue weighted by atomic mass is 32.1. The van der Waals surface area contributed by atoms with Gasteiger partial charge in [-0.2, -0.15) is 5.10 Å². The number of ether oxygens (including phenoxy) is 3. The summed E-state index contributed by atoms with van der Waals surface area (Å²) in [5.41, 5.74) is 5.61. The smallest absolute Gasteiger partial charge is 0.343 e. The Hall–Kier alpha value is -4.51.